The zero-order valence-corrected chi connectivity index (χ0v) is 18.8. The molecule has 0 aromatic heterocycles. The number of nitrogens with one attached hydrogen (secondary N) is 2. The highest BCUT2D eigenvalue weighted by Crippen LogP contribution is 2.35. The largest absolute Gasteiger partial charge is 0.370 e. The van der Waals surface area contributed by atoms with E-state index in [0.717, 1.165) is 42.7 Å². The van der Waals surface area contributed by atoms with Gasteiger partial charge in [0.2, 0.25) is 10.0 Å². The van der Waals surface area contributed by atoms with Crippen LogP contribution in [-0.4, -0.2) is 40.7 Å². The summed E-state index contributed by atoms with van der Waals surface area (Å²) in [5.74, 6) is -0.204. The van der Waals surface area contributed by atoms with Crippen LogP contribution in [-0.2, 0) is 10.0 Å². The minimum Gasteiger partial charge on any atom is -0.370 e. The Balaban J connectivity index is 2.02. The van der Waals surface area contributed by atoms with Crippen LogP contribution in [0.5, 0.6) is 0 Å². The fraction of sp³-hybridized carbons (Fsp3) is 0.435. The van der Waals surface area contributed by atoms with Crippen LogP contribution >= 0.6 is 0 Å². The van der Waals surface area contributed by atoms with Crippen LogP contribution in [0.4, 0.5) is 11.4 Å². The lowest BCUT2D eigenvalue weighted by Crippen LogP contribution is -2.26. The molecule has 0 radical (unpaired) electrons. The maximum absolute atomic E-state index is 12.3. The fourth-order valence-electron chi connectivity index (χ4n) is 4.09. The maximum Gasteiger partial charge on any atom is 0.251 e. The first-order valence-corrected chi connectivity index (χ1v) is 12.4. The van der Waals surface area contributed by atoms with E-state index in [2.05, 4.69) is 14.9 Å². The third-order valence-electron chi connectivity index (χ3n) is 5.66. The molecular weight excluding hydrogens is 398 g/mol. The molecule has 30 heavy (non-hydrogen) atoms. The van der Waals surface area contributed by atoms with Gasteiger partial charge in [-0.1, -0.05) is 44.0 Å². The lowest BCUT2D eigenvalue weighted by molar-refractivity contribution is 0.0962. The van der Waals surface area contributed by atoms with Gasteiger partial charge in [0.15, 0.2) is 0 Å². The summed E-state index contributed by atoms with van der Waals surface area (Å²) < 4.78 is 26.8. The van der Waals surface area contributed by atoms with E-state index in [0.29, 0.717) is 11.3 Å². The number of rotatable bonds is 6. The number of hydrogen-bond donors (Lipinski definition) is 2. The van der Waals surface area contributed by atoms with Crippen molar-refractivity contribution in [2.45, 2.75) is 38.5 Å². The van der Waals surface area contributed by atoms with E-state index in [1.165, 1.54) is 19.1 Å². The zero-order chi connectivity index (χ0) is 21.7. The van der Waals surface area contributed by atoms with E-state index in [4.69, 9.17) is 0 Å². The number of anilines is 2. The summed E-state index contributed by atoms with van der Waals surface area (Å²) >= 11 is 0. The summed E-state index contributed by atoms with van der Waals surface area (Å²) in [6.45, 7) is 3.88. The van der Waals surface area contributed by atoms with Gasteiger partial charge < -0.3 is 10.2 Å². The molecule has 1 saturated heterocycles. The number of sulfonamides is 1. The molecule has 2 aromatic rings. The minimum absolute atomic E-state index is 0.0724. The average molecular weight is 430 g/mol. The topological polar surface area (TPSA) is 78.5 Å². The first-order valence-electron chi connectivity index (χ1n) is 10.5. The van der Waals surface area contributed by atoms with E-state index in [1.807, 2.05) is 49.4 Å². The van der Waals surface area contributed by atoms with E-state index in [-0.39, 0.29) is 11.8 Å². The van der Waals surface area contributed by atoms with Gasteiger partial charge in [-0.15, -0.1) is 0 Å². The van der Waals surface area contributed by atoms with Crippen molar-refractivity contribution in [3.63, 3.8) is 0 Å². The summed E-state index contributed by atoms with van der Waals surface area (Å²) in [7, 11) is -1.80. The molecule has 1 fully saturated rings. The van der Waals surface area contributed by atoms with Crippen molar-refractivity contribution in [1.82, 2.24) is 5.32 Å². The summed E-state index contributed by atoms with van der Waals surface area (Å²) in [5, 5.41) is 2.69. The standard InChI is InChI=1S/C23H31N3O3S/c1-17(19-10-6-7-11-20(19)23(27)24-2)18-12-13-22(21(16-18)25-30(3,28)29)26-14-8-4-5-9-15-26/h6-7,10-13,16-17,25H,4-5,8-9,14-15H2,1-3H3,(H,24,27). The molecule has 0 aliphatic carbocycles. The molecule has 1 atom stereocenters. The van der Waals surface area contributed by atoms with Crippen molar-refractivity contribution < 1.29 is 13.2 Å². The van der Waals surface area contributed by atoms with Gasteiger partial charge in [0.05, 0.1) is 17.6 Å². The van der Waals surface area contributed by atoms with Crippen LogP contribution < -0.4 is 14.9 Å². The molecule has 0 spiro atoms. The highest BCUT2D eigenvalue weighted by atomic mass is 32.2. The third-order valence-corrected chi connectivity index (χ3v) is 6.25. The number of amides is 1. The number of carbonyl (C=O) groups excluding carboxylic acids is 1. The van der Waals surface area contributed by atoms with Crippen LogP contribution in [0.25, 0.3) is 0 Å². The third kappa shape index (κ3) is 5.33. The van der Waals surface area contributed by atoms with Crippen LogP contribution in [0.3, 0.4) is 0 Å². The second-order valence-electron chi connectivity index (χ2n) is 7.94. The van der Waals surface area contributed by atoms with Crippen molar-refractivity contribution in [2.75, 3.05) is 36.0 Å². The Labute approximate surface area is 179 Å². The lowest BCUT2D eigenvalue weighted by Gasteiger charge is -2.27. The van der Waals surface area contributed by atoms with Crippen LogP contribution in [0.15, 0.2) is 42.5 Å². The van der Waals surface area contributed by atoms with Crippen LogP contribution in [0.2, 0.25) is 0 Å². The molecule has 2 aromatic carbocycles. The molecule has 2 N–H and O–H groups in total. The van der Waals surface area contributed by atoms with Crippen molar-refractivity contribution in [1.29, 1.82) is 0 Å². The SMILES string of the molecule is CNC(=O)c1ccccc1C(C)c1ccc(N2CCCCCC2)c(NS(C)(=O)=O)c1. The lowest BCUT2D eigenvalue weighted by atomic mass is 9.89. The van der Waals surface area contributed by atoms with Crippen LogP contribution in [0.1, 0.15) is 60.0 Å². The first kappa shape index (κ1) is 22.2. The Kier molecular flexibility index (Phi) is 7.02. The van der Waals surface area contributed by atoms with Crippen LogP contribution in [0, 0.1) is 0 Å². The van der Waals surface area contributed by atoms with Crippen molar-refractivity contribution >= 4 is 27.3 Å². The molecule has 1 aliphatic rings. The van der Waals surface area contributed by atoms with Gasteiger partial charge in [-0.3, -0.25) is 9.52 Å². The summed E-state index contributed by atoms with van der Waals surface area (Å²) in [4.78, 5) is 14.6. The minimum atomic E-state index is -3.42. The van der Waals surface area contributed by atoms with Gasteiger partial charge in [0, 0.05) is 31.6 Å². The van der Waals surface area contributed by atoms with Gasteiger partial charge in [0.25, 0.3) is 5.91 Å². The zero-order valence-electron chi connectivity index (χ0n) is 17.9. The Morgan fingerprint density at radius 1 is 1.03 bits per heavy atom. The predicted molar refractivity (Wildman–Crippen MR) is 123 cm³/mol. The van der Waals surface area contributed by atoms with Crippen molar-refractivity contribution in [2.24, 2.45) is 0 Å². The second kappa shape index (κ2) is 9.51. The monoisotopic (exact) mass is 429 g/mol. The first-order chi connectivity index (χ1) is 14.3. The predicted octanol–water partition coefficient (Wildman–Crippen LogP) is 3.95. The summed E-state index contributed by atoms with van der Waals surface area (Å²) in [5.41, 5.74) is 4.00. The summed E-state index contributed by atoms with van der Waals surface area (Å²) in [6.07, 6.45) is 5.80. The Bertz CT molecular complexity index is 997. The normalized spacial score (nSPS) is 15.9. The Morgan fingerprint density at radius 2 is 1.70 bits per heavy atom. The van der Waals surface area contributed by atoms with E-state index < -0.39 is 10.0 Å². The summed E-state index contributed by atoms with van der Waals surface area (Å²) in [6, 6.07) is 13.5. The molecule has 0 bridgehead atoms. The molecule has 162 valence electrons. The second-order valence-corrected chi connectivity index (χ2v) is 9.69. The van der Waals surface area contributed by atoms with E-state index >= 15 is 0 Å². The smallest absolute Gasteiger partial charge is 0.251 e. The van der Waals surface area contributed by atoms with Crippen molar-refractivity contribution in [3.05, 3.63) is 59.2 Å². The molecule has 7 heteroatoms. The molecule has 6 nitrogen and oxygen atoms in total. The molecule has 1 unspecified atom stereocenters. The molecule has 1 amide bonds. The number of nitrogens with zero attached hydrogens (tertiary/aromatic N) is 1. The van der Waals surface area contributed by atoms with E-state index in [9.17, 15) is 13.2 Å². The molecule has 0 saturated carbocycles. The van der Waals surface area contributed by atoms with Gasteiger partial charge in [-0.05, 0) is 42.2 Å². The maximum atomic E-state index is 12.3. The van der Waals surface area contributed by atoms with Gasteiger partial charge >= 0.3 is 0 Å². The Hall–Kier alpha value is -2.54. The highest BCUT2D eigenvalue weighted by Gasteiger charge is 2.20. The molecule has 1 aliphatic heterocycles. The number of carbonyl (C=O) groups is 1. The van der Waals surface area contributed by atoms with E-state index in [1.54, 1.807) is 7.05 Å². The van der Waals surface area contributed by atoms with Gasteiger partial charge in [-0.2, -0.15) is 0 Å². The average Bonchev–Trinajstić information content (AvgIpc) is 3.01. The molecular formula is C23H31N3O3S. The fourth-order valence-corrected chi connectivity index (χ4v) is 4.65. The van der Waals surface area contributed by atoms with Crippen molar-refractivity contribution in [3.8, 4) is 0 Å². The number of hydrogen-bond acceptors (Lipinski definition) is 4. The Morgan fingerprint density at radius 3 is 2.33 bits per heavy atom. The highest BCUT2D eigenvalue weighted by molar-refractivity contribution is 7.92. The van der Waals surface area contributed by atoms with Gasteiger partial charge in [0.1, 0.15) is 0 Å². The quantitative estimate of drug-likeness (QED) is 0.729. The molecule has 3 rings (SSSR count). The van der Waals surface area contributed by atoms with Gasteiger partial charge in [-0.25, -0.2) is 8.42 Å². The number of benzene rings is 2. The molecule has 1 heterocycles.